The highest BCUT2D eigenvalue weighted by Crippen LogP contribution is 2.26. The van der Waals surface area contributed by atoms with Gasteiger partial charge in [0.05, 0.1) is 6.61 Å². The van der Waals surface area contributed by atoms with Crippen LogP contribution in [0.2, 0.25) is 0 Å². The van der Waals surface area contributed by atoms with E-state index in [1.807, 2.05) is 13.0 Å². The van der Waals surface area contributed by atoms with E-state index in [1.54, 1.807) is 0 Å². The van der Waals surface area contributed by atoms with Crippen molar-refractivity contribution in [2.24, 2.45) is 10.9 Å². The predicted molar refractivity (Wildman–Crippen MR) is 69.6 cm³/mol. The van der Waals surface area contributed by atoms with Gasteiger partial charge in [-0.15, -0.1) is 0 Å². The van der Waals surface area contributed by atoms with E-state index in [1.165, 1.54) is 32.1 Å². The van der Waals surface area contributed by atoms with Crippen LogP contribution in [0.4, 0.5) is 0 Å². The van der Waals surface area contributed by atoms with Gasteiger partial charge in [0.25, 0.3) is 0 Å². The quantitative estimate of drug-likeness (QED) is 0.376. The molecule has 1 fully saturated rings. The fraction of sp³-hybridized carbons (Fsp3) is 0.643. The van der Waals surface area contributed by atoms with Gasteiger partial charge in [0, 0.05) is 6.08 Å². The third kappa shape index (κ3) is 5.15. The van der Waals surface area contributed by atoms with E-state index in [0.29, 0.717) is 5.88 Å². The van der Waals surface area contributed by atoms with Gasteiger partial charge in [0.1, 0.15) is 0 Å². The van der Waals surface area contributed by atoms with Crippen molar-refractivity contribution >= 4 is 6.72 Å². The number of hydrogen-bond acceptors (Lipinski definition) is 2. The molecule has 0 aromatic rings. The Kier molecular flexibility index (Phi) is 5.91. The molecule has 90 valence electrons. The van der Waals surface area contributed by atoms with E-state index >= 15 is 0 Å². The van der Waals surface area contributed by atoms with Crippen LogP contribution in [0.15, 0.2) is 29.1 Å². The first kappa shape index (κ1) is 13.0. The zero-order valence-corrected chi connectivity index (χ0v) is 10.4. The molecule has 0 aromatic heterocycles. The van der Waals surface area contributed by atoms with Crippen LogP contribution in [-0.4, -0.2) is 13.3 Å². The Balaban J connectivity index is 2.22. The van der Waals surface area contributed by atoms with Gasteiger partial charge in [-0.05, 0) is 26.0 Å². The summed E-state index contributed by atoms with van der Waals surface area (Å²) >= 11 is 0. The molecular formula is C14H23NO. The van der Waals surface area contributed by atoms with Crippen LogP contribution in [0.1, 0.15) is 45.4 Å². The van der Waals surface area contributed by atoms with Crippen molar-refractivity contribution < 1.29 is 4.74 Å². The molecule has 0 saturated heterocycles. The highest BCUT2D eigenvalue weighted by Gasteiger charge is 2.13. The summed E-state index contributed by atoms with van der Waals surface area (Å²) in [7, 11) is 0. The summed E-state index contributed by atoms with van der Waals surface area (Å²) < 4.78 is 5.58. The minimum atomic E-state index is 0.600. The molecule has 0 aliphatic heterocycles. The highest BCUT2D eigenvalue weighted by atomic mass is 16.5. The molecule has 2 nitrogen and oxygen atoms in total. The smallest absolute Gasteiger partial charge is 0.212 e. The van der Waals surface area contributed by atoms with Gasteiger partial charge >= 0.3 is 0 Å². The number of ether oxygens (including phenoxy) is 1. The maximum Gasteiger partial charge on any atom is 0.212 e. The summed E-state index contributed by atoms with van der Waals surface area (Å²) in [5.74, 6) is 1.45. The molecule has 0 atom stereocenters. The second kappa shape index (κ2) is 7.26. The van der Waals surface area contributed by atoms with Crippen molar-refractivity contribution in [2.75, 3.05) is 6.61 Å². The maximum atomic E-state index is 5.58. The molecule has 1 aliphatic rings. The van der Waals surface area contributed by atoms with Crippen LogP contribution in [0.5, 0.6) is 0 Å². The molecule has 1 aliphatic carbocycles. The first-order valence-corrected chi connectivity index (χ1v) is 6.19. The monoisotopic (exact) mass is 221 g/mol. The lowest BCUT2D eigenvalue weighted by Crippen LogP contribution is -2.09. The molecule has 1 rings (SSSR count). The predicted octanol–water partition coefficient (Wildman–Crippen LogP) is 4.09. The largest absolute Gasteiger partial charge is 0.478 e. The molecule has 0 N–H and O–H groups in total. The van der Waals surface area contributed by atoms with E-state index in [2.05, 4.69) is 18.3 Å². The molecule has 0 bridgehead atoms. The van der Waals surface area contributed by atoms with E-state index in [4.69, 9.17) is 4.74 Å². The molecule has 0 spiro atoms. The second-order valence-electron chi connectivity index (χ2n) is 4.63. The maximum absolute atomic E-state index is 5.58. The Morgan fingerprint density at radius 2 is 2.06 bits per heavy atom. The molecule has 0 heterocycles. The fourth-order valence-corrected chi connectivity index (χ4v) is 2.15. The van der Waals surface area contributed by atoms with Gasteiger partial charge in [-0.1, -0.05) is 44.3 Å². The average Bonchev–Trinajstić information content (AvgIpc) is 2.28. The van der Waals surface area contributed by atoms with E-state index in [0.717, 1.165) is 24.5 Å². The van der Waals surface area contributed by atoms with Crippen LogP contribution >= 0.6 is 0 Å². The third-order valence-electron chi connectivity index (χ3n) is 3.03. The number of rotatable bonds is 6. The molecule has 0 radical (unpaired) electrons. The summed E-state index contributed by atoms with van der Waals surface area (Å²) in [5.41, 5.74) is 0.945. The van der Waals surface area contributed by atoms with Gasteiger partial charge in [0.2, 0.25) is 5.88 Å². The lowest BCUT2D eigenvalue weighted by molar-refractivity contribution is 0.175. The Morgan fingerprint density at radius 1 is 1.38 bits per heavy atom. The molecular weight excluding hydrogens is 198 g/mol. The van der Waals surface area contributed by atoms with Crippen molar-refractivity contribution in [1.29, 1.82) is 0 Å². The number of hydrogen-bond donors (Lipinski definition) is 0. The summed E-state index contributed by atoms with van der Waals surface area (Å²) in [6, 6.07) is 0. The van der Waals surface area contributed by atoms with Crippen molar-refractivity contribution in [3.63, 3.8) is 0 Å². The Morgan fingerprint density at radius 3 is 2.62 bits per heavy atom. The first-order chi connectivity index (χ1) is 7.72. The van der Waals surface area contributed by atoms with Gasteiger partial charge in [-0.25, -0.2) is 4.99 Å². The van der Waals surface area contributed by atoms with E-state index < -0.39 is 0 Å². The number of allylic oxidation sites excluding steroid dienone is 2. The zero-order chi connectivity index (χ0) is 11.8. The number of aliphatic imine (C=N–C) groups is 1. The Hall–Kier alpha value is -1.05. The van der Waals surface area contributed by atoms with Crippen LogP contribution < -0.4 is 0 Å². The Bertz CT molecular complexity index is 262. The molecule has 0 unspecified atom stereocenters. The first-order valence-electron chi connectivity index (χ1n) is 6.19. The van der Waals surface area contributed by atoms with Gasteiger partial charge < -0.3 is 4.74 Å². The topological polar surface area (TPSA) is 21.6 Å². The van der Waals surface area contributed by atoms with Gasteiger partial charge in [-0.2, -0.15) is 0 Å². The van der Waals surface area contributed by atoms with Crippen LogP contribution in [0.25, 0.3) is 0 Å². The summed E-state index contributed by atoms with van der Waals surface area (Å²) in [5, 5.41) is 0. The van der Waals surface area contributed by atoms with Gasteiger partial charge in [0.15, 0.2) is 0 Å². The highest BCUT2D eigenvalue weighted by molar-refractivity contribution is 5.29. The normalized spacial score (nSPS) is 18.2. The van der Waals surface area contributed by atoms with Crippen LogP contribution in [0.3, 0.4) is 0 Å². The number of nitrogens with zero attached hydrogens (tertiary/aromatic N) is 1. The second-order valence-corrected chi connectivity index (χ2v) is 4.63. The van der Waals surface area contributed by atoms with Crippen molar-refractivity contribution in [3.05, 3.63) is 24.1 Å². The molecule has 16 heavy (non-hydrogen) atoms. The fourth-order valence-electron chi connectivity index (χ4n) is 2.15. The minimum absolute atomic E-state index is 0.600. The van der Waals surface area contributed by atoms with Crippen LogP contribution in [0, 0.1) is 5.92 Å². The zero-order valence-electron chi connectivity index (χ0n) is 10.4. The van der Waals surface area contributed by atoms with E-state index in [-0.39, 0.29) is 0 Å². The van der Waals surface area contributed by atoms with Gasteiger partial charge in [-0.3, -0.25) is 0 Å². The summed E-state index contributed by atoms with van der Waals surface area (Å²) in [6.45, 7) is 9.97. The van der Waals surface area contributed by atoms with Crippen molar-refractivity contribution in [3.8, 4) is 0 Å². The molecule has 1 saturated carbocycles. The average molecular weight is 221 g/mol. The minimum Gasteiger partial charge on any atom is -0.478 e. The standard InChI is InChI=1S/C14H23NO/c1-12(2)11-14(15-3)16-10-9-13-7-5-4-6-8-13/h11,13H,1,3-10H2,2H3/b14-11+. The lowest BCUT2D eigenvalue weighted by atomic mass is 9.87. The molecule has 2 heteroatoms. The van der Waals surface area contributed by atoms with Crippen molar-refractivity contribution in [2.45, 2.75) is 45.4 Å². The van der Waals surface area contributed by atoms with Crippen molar-refractivity contribution in [1.82, 2.24) is 0 Å². The molecule has 0 aromatic carbocycles. The third-order valence-corrected chi connectivity index (χ3v) is 3.03. The molecule has 0 amide bonds. The summed E-state index contributed by atoms with van der Waals surface area (Å²) in [6.07, 6.45) is 9.88. The van der Waals surface area contributed by atoms with E-state index in [9.17, 15) is 0 Å². The Labute approximate surface area is 99.1 Å². The lowest BCUT2D eigenvalue weighted by Gasteiger charge is -2.21. The summed E-state index contributed by atoms with van der Waals surface area (Å²) in [4.78, 5) is 3.84. The SMILES string of the molecule is C=N/C(=C\C(=C)C)OCCC1CCCCC1. The van der Waals surface area contributed by atoms with Crippen LogP contribution in [-0.2, 0) is 4.74 Å².